The van der Waals surface area contributed by atoms with Crippen molar-refractivity contribution in [2.45, 2.75) is 37.8 Å². The summed E-state index contributed by atoms with van der Waals surface area (Å²) in [5.41, 5.74) is 0.466. The molecular formula is C9H17NO. The first-order valence-electron chi connectivity index (χ1n) is 4.54. The van der Waals surface area contributed by atoms with Crippen molar-refractivity contribution in [3.63, 3.8) is 0 Å². The Hall–Kier alpha value is -0.0800. The van der Waals surface area contributed by atoms with E-state index in [1.165, 1.54) is 25.8 Å². The molecule has 0 N–H and O–H groups in total. The maximum absolute atomic E-state index is 5.26. The Balaban J connectivity index is 2.03. The average Bonchev–Trinajstić information content (AvgIpc) is 2.27. The highest BCUT2D eigenvalue weighted by atomic mass is 16.5. The van der Waals surface area contributed by atoms with E-state index in [1.807, 2.05) is 7.11 Å². The van der Waals surface area contributed by atoms with Crippen molar-refractivity contribution in [2.24, 2.45) is 0 Å². The minimum atomic E-state index is 0.466. The molecule has 2 nitrogen and oxygen atoms in total. The van der Waals surface area contributed by atoms with E-state index in [9.17, 15) is 0 Å². The molecule has 0 aromatic carbocycles. The van der Waals surface area contributed by atoms with E-state index < -0.39 is 0 Å². The molecule has 0 aromatic heterocycles. The van der Waals surface area contributed by atoms with Gasteiger partial charge in [-0.2, -0.15) is 0 Å². The molecule has 2 atom stereocenters. The van der Waals surface area contributed by atoms with Crippen LogP contribution in [0.2, 0.25) is 0 Å². The van der Waals surface area contributed by atoms with Gasteiger partial charge in [-0.05, 0) is 32.7 Å². The van der Waals surface area contributed by atoms with Gasteiger partial charge in [0.1, 0.15) is 0 Å². The molecular weight excluding hydrogens is 138 g/mol. The predicted molar refractivity (Wildman–Crippen MR) is 44.6 cm³/mol. The maximum Gasteiger partial charge on any atom is 0.0647 e. The molecule has 2 aliphatic heterocycles. The van der Waals surface area contributed by atoms with E-state index in [1.54, 1.807) is 0 Å². The van der Waals surface area contributed by atoms with Crippen LogP contribution in [-0.4, -0.2) is 36.7 Å². The Labute approximate surface area is 68.5 Å². The van der Waals surface area contributed by atoms with Crippen LogP contribution in [0, 0.1) is 0 Å². The molecule has 2 rings (SSSR count). The third-order valence-corrected chi connectivity index (χ3v) is 3.27. The van der Waals surface area contributed by atoms with Gasteiger partial charge in [-0.15, -0.1) is 0 Å². The van der Waals surface area contributed by atoms with Crippen molar-refractivity contribution in [1.82, 2.24) is 4.90 Å². The SMILES string of the molecule is COC[C@]12CCCN1[C@H](C)C2. The number of fused-ring (bicyclic) bond motifs is 1. The average molecular weight is 155 g/mol. The van der Waals surface area contributed by atoms with E-state index >= 15 is 0 Å². The second kappa shape index (κ2) is 2.46. The molecule has 0 amide bonds. The van der Waals surface area contributed by atoms with Gasteiger partial charge in [0.05, 0.1) is 6.61 Å². The van der Waals surface area contributed by atoms with Gasteiger partial charge >= 0.3 is 0 Å². The van der Waals surface area contributed by atoms with Crippen LogP contribution >= 0.6 is 0 Å². The van der Waals surface area contributed by atoms with Crippen LogP contribution < -0.4 is 0 Å². The van der Waals surface area contributed by atoms with Crippen molar-refractivity contribution in [1.29, 1.82) is 0 Å². The Morgan fingerprint density at radius 2 is 2.45 bits per heavy atom. The van der Waals surface area contributed by atoms with Gasteiger partial charge in [0.15, 0.2) is 0 Å². The molecule has 2 fully saturated rings. The summed E-state index contributed by atoms with van der Waals surface area (Å²) in [4.78, 5) is 2.61. The van der Waals surface area contributed by atoms with E-state index in [0.29, 0.717) is 5.54 Å². The number of methoxy groups -OCH3 is 1. The van der Waals surface area contributed by atoms with Crippen LogP contribution in [0.4, 0.5) is 0 Å². The molecule has 0 aromatic rings. The van der Waals surface area contributed by atoms with Gasteiger partial charge in [-0.25, -0.2) is 0 Å². The molecule has 2 aliphatic rings. The molecule has 64 valence electrons. The van der Waals surface area contributed by atoms with Crippen molar-refractivity contribution >= 4 is 0 Å². The Morgan fingerprint density at radius 1 is 1.64 bits per heavy atom. The van der Waals surface area contributed by atoms with Crippen LogP contribution in [0.5, 0.6) is 0 Å². The highest BCUT2D eigenvalue weighted by Crippen LogP contribution is 2.44. The zero-order valence-electron chi connectivity index (χ0n) is 7.47. The van der Waals surface area contributed by atoms with Crippen LogP contribution in [0.1, 0.15) is 26.2 Å². The van der Waals surface area contributed by atoms with E-state index in [0.717, 1.165) is 12.6 Å². The lowest BCUT2D eigenvalue weighted by molar-refractivity contribution is -0.0741. The smallest absolute Gasteiger partial charge is 0.0647 e. The van der Waals surface area contributed by atoms with Gasteiger partial charge in [-0.3, -0.25) is 4.90 Å². The highest BCUT2D eigenvalue weighted by molar-refractivity contribution is 5.07. The summed E-state index contributed by atoms with van der Waals surface area (Å²) in [7, 11) is 1.81. The maximum atomic E-state index is 5.26. The van der Waals surface area contributed by atoms with E-state index in [2.05, 4.69) is 11.8 Å². The zero-order chi connectivity index (χ0) is 7.90. The Kier molecular flexibility index (Phi) is 1.69. The third-order valence-electron chi connectivity index (χ3n) is 3.27. The van der Waals surface area contributed by atoms with Crippen LogP contribution in [0.15, 0.2) is 0 Å². The fourth-order valence-corrected chi connectivity index (χ4v) is 2.90. The number of rotatable bonds is 2. The molecule has 0 saturated carbocycles. The van der Waals surface area contributed by atoms with Gasteiger partial charge in [0.2, 0.25) is 0 Å². The minimum Gasteiger partial charge on any atom is -0.383 e. The highest BCUT2D eigenvalue weighted by Gasteiger charge is 2.52. The van der Waals surface area contributed by atoms with Crippen molar-refractivity contribution in [3.05, 3.63) is 0 Å². The largest absolute Gasteiger partial charge is 0.383 e. The number of ether oxygens (including phenoxy) is 1. The summed E-state index contributed by atoms with van der Waals surface area (Å²) in [6, 6.07) is 0.813. The molecule has 2 heterocycles. The van der Waals surface area contributed by atoms with Gasteiger partial charge in [0.25, 0.3) is 0 Å². The third kappa shape index (κ3) is 0.926. The molecule has 2 heteroatoms. The number of nitrogens with zero attached hydrogens (tertiary/aromatic N) is 1. The van der Waals surface area contributed by atoms with Crippen molar-refractivity contribution < 1.29 is 4.74 Å². The second-order valence-electron chi connectivity index (χ2n) is 4.01. The van der Waals surface area contributed by atoms with E-state index in [-0.39, 0.29) is 0 Å². The molecule has 0 bridgehead atoms. The lowest BCUT2D eigenvalue weighted by Gasteiger charge is -2.53. The van der Waals surface area contributed by atoms with E-state index in [4.69, 9.17) is 4.74 Å². The Bertz CT molecular complexity index is 156. The summed E-state index contributed by atoms with van der Waals surface area (Å²) in [6.07, 6.45) is 4.07. The van der Waals surface area contributed by atoms with Gasteiger partial charge in [0, 0.05) is 18.7 Å². The molecule has 11 heavy (non-hydrogen) atoms. The first-order valence-corrected chi connectivity index (χ1v) is 4.54. The van der Waals surface area contributed by atoms with Gasteiger partial charge < -0.3 is 4.74 Å². The minimum absolute atomic E-state index is 0.466. The van der Waals surface area contributed by atoms with Crippen LogP contribution in [0.3, 0.4) is 0 Å². The lowest BCUT2D eigenvalue weighted by Crippen LogP contribution is -2.63. The normalized spacial score (nSPS) is 43.6. The fraction of sp³-hybridized carbons (Fsp3) is 1.00. The second-order valence-corrected chi connectivity index (χ2v) is 4.01. The standard InChI is InChI=1S/C9H17NO/c1-8-6-9(7-11-2)4-3-5-10(8)9/h8H,3-7H2,1-2H3/t8-,9-/m1/s1. The van der Waals surface area contributed by atoms with Crippen molar-refractivity contribution in [3.8, 4) is 0 Å². The summed E-state index contributed by atoms with van der Waals surface area (Å²) in [5, 5.41) is 0. The molecule has 0 radical (unpaired) electrons. The van der Waals surface area contributed by atoms with Crippen molar-refractivity contribution in [2.75, 3.05) is 20.3 Å². The molecule has 0 aliphatic carbocycles. The number of hydrogen-bond donors (Lipinski definition) is 0. The summed E-state index contributed by atoms with van der Waals surface area (Å²) in [6.45, 7) is 4.56. The summed E-state index contributed by atoms with van der Waals surface area (Å²) >= 11 is 0. The molecule has 0 spiro atoms. The molecule has 0 unspecified atom stereocenters. The summed E-state index contributed by atoms with van der Waals surface area (Å²) in [5.74, 6) is 0. The lowest BCUT2D eigenvalue weighted by atomic mass is 9.80. The monoisotopic (exact) mass is 155 g/mol. The first-order chi connectivity index (χ1) is 5.28. The fourth-order valence-electron chi connectivity index (χ4n) is 2.90. The summed E-state index contributed by atoms with van der Waals surface area (Å²) < 4.78 is 5.26. The van der Waals surface area contributed by atoms with Crippen LogP contribution in [0.25, 0.3) is 0 Å². The van der Waals surface area contributed by atoms with Gasteiger partial charge in [-0.1, -0.05) is 0 Å². The number of hydrogen-bond acceptors (Lipinski definition) is 2. The predicted octanol–water partition coefficient (Wildman–Crippen LogP) is 1.26. The topological polar surface area (TPSA) is 12.5 Å². The first kappa shape index (κ1) is 7.56. The van der Waals surface area contributed by atoms with Crippen LogP contribution in [-0.2, 0) is 4.74 Å². The quantitative estimate of drug-likeness (QED) is 0.595. The Morgan fingerprint density at radius 3 is 3.09 bits per heavy atom. The molecule has 2 saturated heterocycles. The zero-order valence-corrected chi connectivity index (χ0v) is 7.47.